The Bertz CT molecular complexity index is 4170. The summed E-state index contributed by atoms with van der Waals surface area (Å²) in [7, 11) is 0. The smallest absolute Gasteiger partial charge is 0.164 e. The van der Waals surface area contributed by atoms with Gasteiger partial charge in [-0.1, -0.05) is 152 Å². The van der Waals surface area contributed by atoms with Crippen LogP contribution in [0.3, 0.4) is 0 Å². The average Bonchev–Trinajstić information content (AvgIpc) is 3.78. The molecule has 310 valence electrons. The van der Waals surface area contributed by atoms with Gasteiger partial charge in [0.1, 0.15) is 11.2 Å². The van der Waals surface area contributed by atoms with Crippen molar-refractivity contribution < 1.29 is 4.42 Å². The highest BCUT2D eigenvalue weighted by Gasteiger charge is 2.20. The van der Waals surface area contributed by atoms with Gasteiger partial charge in [0.25, 0.3) is 0 Å². The largest absolute Gasteiger partial charge is 0.456 e. The predicted octanol–water partition coefficient (Wildman–Crippen LogP) is 15.7. The maximum atomic E-state index is 9.45. The van der Waals surface area contributed by atoms with Crippen LogP contribution in [0.25, 0.3) is 133 Å². The molecule has 0 saturated heterocycles. The van der Waals surface area contributed by atoms with Crippen LogP contribution in [0.1, 0.15) is 5.56 Å². The second-order valence-electron chi connectivity index (χ2n) is 16.8. The maximum Gasteiger partial charge on any atom is 0.164 e. The van der Waals surface area contributed by atoms with Crippen LogP contribution in [0.15, 0.2) is 217 Å². The second kappa shape index (κ2) is 15.4. The molecule has 13 aromatic rings. The van der Waals surface area contributed by atoms with E-state index in [0.717, 1.165) is 115 Å². The highest BCUT2D eigenvalue weighted by Crippen LogP contribution is 2.44. The van der Waals surface area contributed by atoms with Crippen LogP contribution in [-0.4, -0.2) is 19.9 Å². The zero-order valence-corrected chi connectivity index (χ0v) is 35.9. The van der Waals surface area contributed by atoms with Crippen LogP contribution in [0.5, 0.6) is 0 Å². The molecule has 0 saturated carbocycles. The van der Waals surface area contributed by atoms with E-state index in [1.54, 1.807) is 0 Å². The molecule has 3 heterocycles. The number of benzene rings is 10. The molecule has 0 unspecified atom stereocenters. The van der Waals surface area contributed by atoms with E-state index in [-0.39, 0.29) is 0 Å². The van der Waals surface area contributed by atoms with Crippen molar-refractivity contribution >= 4 is 65.2 Å². The molecule has 0 amide bonds. The summed E-state index contributed by atoms with van der Waals surface area (Å²) in [5, 5.41) is 19.5. The van der Waals surface area contributed by atoms with E-state index in [1.165, 1.54) is 0 Å². The zero-order valence-electron chi connectivity index (χ0n) is 35.9. The van der Waals surface area contributed by atoms with Gasteiger partial charge >= 0.3 is 0 Å². The average molecular weight is 854 g/mol. The summed E-state index contributed by atoms with van der Waals surface area (Å²) >= 11 is 0. The summed E-state index contributed by atoms with van der Waals surface area (Å²) < 4.78 is 6.29. The molecule has 67 heavy (non-hydrogen) atoms. The fraction of sp³-hybridized carbons (Fsp3) is 0. The normalized spacial score (nSPS) is 11.6. The summed E-state index contributed by atoms with van der Waals surface area (Å²) in [6.45, 7) is 0. The van der Waals surface area contributed by atoms with Crippen molar-refractivity contribution in [3.63, 3.8) is 0 Å². The molecule has 13 rings (SSSR count). The first-order valence-corrected chi connectivity index (χ1v) is 22.2. The molecule has 0 radical (unpaired) electrons. The first kappa shape index (κ1) is 38.2. The minimum Gasteiger partial charge on any atom is -0.456 e. The number of pyridine rings is 1. The fourth-order valence-electron chi connectivity index (χ4n) is 9.82. The predicted molar refractivity (Wildman–Crippen MR) is 272 cm³/mol. The molecular weight excluding hydrogens is 819 g/mol. The van der Waals surface area contributed by atoms with Gasteiger partial charge < -0.3 is 4.42 Å². The van der Waals surface area contributed by atoms with Crippen molar-refractivity contribution in [3.8, 4) is 73.6 Å². The molecular formula is C61H35N5O. The summed E-state index contributed by atoms with van der Waals surface area (Å²) in [6, 6.07) is 73.5. The Kier molecular flexibility index (Phi) is 8.80. The van der Waals surface area contributed by atoms with E-state index in [9.17, 15) is 5.26 Å². The number of rotatable bonds is 6. The van der Waals surface area contributed by atoms with Crippen molar-refractivity contribution in [2.24, 2.45) is 0 Å². The van der Waals surface area contributed by atoms with Gasteiger partial charge in [-0.3, -0.25) is 4.98 Å². The number of nitriles is 1. The van der Waals surface area contributed by atoms with Crippen LogP contribution in [-0.2, 0) is 0 Å². The van der Waals surface area contributed by atoms with Gasteiger partial charge in [0.2, 0.25) is 0 Å². The van der Waals surface area contributed by atoms with Gasteiger partial charge in [-0.05, 0) is 115 Å². The van der Waals surface area contributed by atoms with E-state index < -0.39 is 0 Å². The third kappa shape index (κ3) is 6.41. The minimum absolute atomic E-state index is 0.569. The Labute approximate surface area is 384 Å². The summed E-state index contributed by atoms with van der Waals surface area (Å²) in [5.41, 5.74) is 12.4. The monoisotopic (exact) mass is 853 g/mol. The van der Waals surface area contributed by atoms with Crippen molar-refractivity contribution in [2.45, 2.75) is 0 Å². The lowest BCUT2D eigenvalue weighted by Gasteiger charge is -2.17. The number of aromatic nitrogens is 4. The Hall–Kier alpha value is -9.31. The third-order valence-corrected chi connectivity index (χ3v) is 13.0. The van der Waals surface area contributed by atoms with Crippen molar-refractivity contribution in [2.75, 3.05) is 0 Å². The van der Waals surface area contributed by atoms with Crippen LogP contribution >= 0.6 is 0 Å². The molecule has 0 aliphatic rings. The standard InChI is InChI=1S/C61H35N5O/c62-36-37-23-25-38(26-24-37)43-29-30-48(45-17-5-4-16-44(43)45)55-35-53-47-19-7-6-18-46(47)52(34-54(53)51-21-11-31-63-58(51)55)40-14-10-15-41(32-40)60-64-59(39-12-2-1-3-13-39)65-61(66-60)42-27-28-50-49-20-8-9-22-56(49)67-57(50)33-42/h1-35H. The number of nitrogens with zero attached hydrogens (tertiary/aromatic N) is 5. The number of hydrogen-bond donors (Lipinski definition) is 0. The van der Waals surface area contributed by atoms with E-state index in [1.807, 2.05) is 91.1 Å². The first-order valence-electron chi connectivity index (χ1n) is 22.2. The number of hydrogen-bond acceptors (Lipinski definition) is 6. The molecule has 10 aromatic carbocycles. The first-order chi connectivity index (χ1) is 33.1. The topological polar surface area (TPSA) is 88.5 Å². The molecule has 6 heteroatoms. The Morgan fingerprint density at radius 3 is 1.66 bits per heavy atom. The summed E-state index contributed by atoms with van der Waals surface area (Å²) in [6.07, 6.45) is 1.89. The quantitative estimate of drug-likeness (QED) is 0.155. The molecule has 0 aliphatic carbocycles. The van der Waals surface area contributed by atoms with Gasteiger partial charge in [-0.25, -0.2) is 15.0 Å². The number of fused-ring (bicyclic) bond motifs is 9. The Morgan fingerprint density at radius 1 is 0.328 bits per heavy atom. The van der Waals surface area contributed by atoms with Gasteiger partial charge in [-0.2, -0.15) is 5.26 Å². The molecule has 0 atom stereocenters. The highest BCUT2D eigenvalue weighted by atomic mass is 16.3. The van der Waals surface area contributed by atoms with Crippen molar-refractivity contribution in [1.29, 1.82) is 5.26 Å². The number of furan rings is 1. The SMILES string of the molecule is N#Cc1ccc(-c2ccc(-c3cc4c5ccccc5c(-c5cccc(-c6nc(-c7ccccc7)nc(-c7ccc8c(c7)oc7ccccc78)n6)c5)cc4c4cccnc34)c3ccccc23)cc1. The van der Waals surface area contributed by atoms with Crippen LogP contribution in [0.2, 0.25) is 0 Å². The van der Waals surface area contributed by atoms with Crippen molar-refractivity contribution in [1.82, 2.24) is 19.9 Å². The van der Waals surface area contributed by atoms with Crippen LogP contribution in [0.4, 0.5) is 0 Å². The molecule has 0 bridgehead atoms. The lowest BCUT2D eigenvalue weighted by Crippen LogP contribution is -2.00. The van der Waals surface area contributed by atoms with Crippen molar-refractivity contribution in [3.05, 3.63) is 218 Å². The molecule has 6 nitrogen and oxygen atoms in total. The van der Waals surface area contributed by atoms with E-state index in [2.05, 4.69) is 127 Å². The zero-order chi connectivity index (χ0) is 44.4. The highest BCUT2D eigenvalue weighted by molar-refractivity contribution is 6.24. The maximum absolute atomic E-state index is 9.45. The van der Waals surface area contributed by atoms with Gasteiger partial charge in [-0.15, -0.1) is 0 Å². The Morgan fingerprint density at radius 2 is 0.881 bits per heavy atom. The van der Waals surface area contributed by atoms with Gasteiger partial charge in [0.05, 0.1) is 17.1 Å². The van der Waals surface area contributed by atoms with Crippen LogP contribution in [0, 0.1) is 11.3 Å². The molecule has 3 aromatic heterocycles. The third-order valence-electron chi connectivity index (χ3n) is 13.0. The molecule has 0 aliphatic heterocycles. The second-order valence-corrected chi connectivity index (χ2v) is 16.8. The van der Waals surface area contributed by atoms with E-state index in [0.29, 0.717) is 23.0 Å². The molecule has 0 spiro atoms. The lowest BCUT2D eigenvalue weighted by molar-refractivity contribution is 0.669. The number of para-hydroxylation sites is 1. The van der Waals surface area contributed by atoms with Gasteiger partial charge in [0.15, 0.2) is 17.5 Å². The lowest BCUT2D eigenvalue weighted by atomic mass is 9.87. The van der Waals surface area contributed by atoms with E-state index in [4.69, 9.17) is 24.4 Å². The summed E-state index contributed by atoms with van der Waals surface area (Å²) in [5.74, 6) is 1.75. The Balaban J connectivity index is 0.972. The van der Waals surface area contributed by atoms with Crippen LogP contribution < -0.4 is 0 Å². The summed E-state index contributed by atoms with van der Waals surface area (Å²) in [4.78, 5) is 20.4. The van der Waals surface area contributed by atoms with E-state index >= 15 is 0 Å². The minimum atomic E-state index is 0.569. The fourth-order valence-corrected chi connectivity index (χ4v) is 9.82. The van der Waals surface area contributed by atoms with Gasteiger partial charge in [0, 0.05) is 44.6 Å². The molecule has 0 N–H and O–H groups in total. The molecule has 0 fully saturated rings.